The fourth-order valence-corrected chi connectivity index (χ4v) is 2.05. The van der Waals surface area contributed by atoms with Gasteiger partial charge in [-0.05, 0) is 18.9 Å². The monoisotopic (exact) mass is 204 g/mol. The van der Waals surface area contributed by atoms with Crippen LogP contribution in [-0.2, 0) is 15.6 Å². The molecule has 1 fully saturated rings. The summed E-state index contributed by atoms with van der Waals surface area (Å²) < 4.78 is 10.8. The second-order valence-corrected chi connectivity index (χ2v) is 4.88. The second kappa shape index (κ2) is 4.72. The maximum absolute atomic E-state index is 11.4. The Hall–Kier alpha value is -0.420. The number of hydrogen-bond donors (Lipinski definition) is 1. The summed E-state index contributed by atoms with van der Waals surface area (Å²) >= 11 is 0. The van der Waals surface area contributed by atoms with Gasteiger partial charge in [0, 0.05) is 30.1 Å². The highest BCUT2D eigenvalue weighted by Crippen LogP contribution is 2.14. The molecular formula is C8H16N2O2S. The van der Waals surface area contributed by atoms with Gasteiger partial charge in [0.15, 0.2) is 0 Å². The average Bonchev–Trinajstić information content (AvgIpc) is 2.50. The van der Waals surface area contributed by atoms with Crippen LogP contribution < -0.4 is 5.73 Å². The maximum atomic E-state index is 11.4. The van der Waals surface area contributed by atoms with E-state index in [0.29, 0.717) is 12.5 Å². The summed E-state index contributed by atoms with van der Waals surface area (Å²) in [6, 6.07) is 0. The van der Waals surface area contributed by atoms with Gasteiger partial charge in [-0.3, -0.25) is 9.00 Å². The van der Waals surface area contributed by atoms with Gasteiger partial charge >= 0.3 is 0 Å². The fourth-order valence-electron chi connectivity index (χ4n) is 1.52. The zero-order chi connectivity index (χ0) is 9.84. The van der Waals surface area contributed by atoms with Gasteiger partial charge in [0.25, 0.3) is 0 Å². The van der Waals surface area contributed by atoms with Crippen molar-refractivity contribution in [1.82, 2.24) is 4.90 Å². The highest BCUT2D eigenvalue weighted by Gasteiger charge is 2.25. The van der Waals surface area contributed by atoms with E-state index in [4.69, 9.17) is 5.73 Å². The Morgan fingerprint density at radius 3 is 2.85 bits per heavy atom. The molecule has 0 spiro atoms. The summed E-state index contributed by atoms with van der Waals surface area (Å²) in [6.07, 6.45) is 2.53. The van der Waals surface area contributed by atoms with Crippen LogP contribution in [0.25, 0.3) is 0 Å². The second-order valence-electron chi connectivity index (χ2n) is 3.45. The van der Waals surface area contributed by atoms with Crippen molar-refractivity contribution in [2.75, 3.05) is 31.6 Å². The molecule has 1 amide bonds. The SMILES string of the molecule is CS(=O)CC(=O)N1CCC(CN)C1. The summed E-state index contributed by atoms with van der Waals surface area (Å²) in [4.78, 5) is 13.2. The quantitative estimate of drug-likeness (QED) is 0.653. The molecule has 0 aromatic carbocycles. The first-order valence-corrected chi connectivity index (χ1v) is 6.14. The van der Waals surface area contributed by atoms with Crippen LogP contribution >= 0.6 is 0 Å². The molecule has 0 aliphatic carbocycles. The number of amides is 1. The lowest BCUT2D eigenvalue weighted by molar-refractivity contribution is -0.127. The Kier molecular flexibility index (Phi) is 3.87. The first kappa shape index (κ1) is 10.7. The van der Waals surface area contributed by atoms with Crippen LogP contribution in [0.4, 0.5) is 0 Å². The van der Waals surface area contributed by atoms with Gasteiger partial charge in [-0.15, -0.1) is 0 Å². The molecule has 1 aliphatic heterocycles. The molecule has 2 unspecified atom stereocenters. The summed E-state index contributed by atoms with van der Waals surface area (Å²) in [7, 11) is -1.03. The normalized spacial score (nSPS) is 24.8. The molecule has 0 aromatic heterocycles. The molecule has 1 aliphatic rings. The largest absolute Gasteiger partial charge is 0.342 e. The van der Waals surface area contributed by atoms with E-state index in [1.54, 1.807) is 11.2 Å². The van der Waals surface area contributed by atoms with Gasteiger partial charge in [0.05, 0.1) is 0 Å². The molecule has 1 saturated heterocycles. The molecule has 2 atom stereocenters. The molecule has 0 radical (unpaired) electrons. The lowest BCUT2D eigenvalue weighted by Crippen LogP contribution is -2.33. The molecule has 0 bridgehead atoms. The molecule has 13 heavy (non-hydrogen) atoms. The zero-order valence-electron chi connectivity index (χ0n) is 7.86. The van der Waals surface area contributed by atoms with Crippen molar-refractivity contribution in [3.05, 3.63) is 0 Å². The summed E-state index contributed by atoms with van der Waals surface area (Å²) in [6.45, 7) is 2.16. The highest BCUT2D eigenvalue weighted by atomic mass is 32.2. The molecule has 4 nitrogen and oxygen atoms in total. The molecule has 5 heteroatoms. The van der Waals surface area contributed by atoms with Crippen molar-refractivity contribution < 1.29 is 9.00 Å². The minimum Gasteiger partial charge on any atom is -0.342 e. The molecule has 1 rings (SSSR count). The van der Waals surface area contributed by atoms with Gasteiger partial charge in [0.1, 0.15) is 5.75 Å². The standard InChI is InChI=1S/C8H16N2O2S/c1-13(12)6-8(11)10-3-2-7(4-9)5-10/h7H,2-6,9H2,1H3. The molecule has 1 heterocycles. The van der Waals surface area contributed by atoms with Crippen molar-refractivity contribution in [1.29, 1.82) is 0 Å². The molecular weight excluding hydrogens is 188 g/mol. The lowest BCUT2D eigenvalue weighted by Gasteiger charge is -2.15. The predicted molar refractivity (Wildman–Crippen MR) is 52.7 cm³/mol. The molecule has 0 aromatic rings. The van der Waals surface area contributed by atoms with Crippen molar-refractivity contribution in [3.63, 3.8) is 0 Å². The Morgan fingerprint density at radius 2 is 2.38 bits per heavy atom. The van der Waals surface area contributed by atoms with E-state index in [2.05, 4.69) is 0 Å². The predicted octanol–water partition coefficient (Wildman–Crippen LogP) is -0.828. The Morgan fingerprint density at radius 1 is 1.69 bits per heavy atom. The van der Waals surface area contributed by atoms with E-state index in [9.17, 15) is 9.00 Å². The summed E-state index contributed by atoms with van der Waals surface area (Å²) in [5.41, 5.74) is 5.50. The van der Waals surface area contributed by atoms with Crippen LogP contribution in [0.3, 0.4) is 0 Å². The fraction of sp³-hybridized carbons (Fsp3) is 0.875. The third-order valence-electron chi connectivity index (χ3n) is 2.30. The van der Waals surface area contributed by atoms with Crippen LogP contribution in [0.5, 0.6) is 0 Å². The number of nitrogens with two attached hydrogens (primary N) is 1. The Labute approximate surface area is 80.9 Å². The smallest absolute Gasteiger partial charge is 0.235 e. The van der Waals surface area contributed by atoms with E-state index >= 15 is 0 Å². The molecule has 0 saturated carbocycles. The van der Waals surface area contributed by atoms with Gasteiger partial charge in [0.2, 0.25) is 5.91 Å². The van der Waals surface area contributed by atoms with Gasteiger partial charge < -0.3 is 10.6 Å². The molecule has 2 N–H and O–H groups in total. The lowest BCUT2D eigenvalue weighted by atomic mass is 10.1. The van der Waals surface area contributed by atoms with Crippen LogP contribution in [-0.4, -0.2) is 46.7 Å². The topological polar surface area (TPSA) is 63.4 Å². The van der Waals surface area contributed by atoms with Gasteiger partial charge in [-0.1, -0.05) is 0 Å². The van der Waals surface area contributed by atoms with Crippen molar-refractivity contribution in [2.24, 2.45) is 11.7 Å². The number of nitrogens with zero attached hydrogens (tertiary/aromatic N) is 1. The number of carbonyl (C=O) groups is 1. The van der Waals surface area contributed by atoms with E-state index < -0.39 is 10.8 Å². The van der Waals surface area contributed by atoms with E-state index in [0.717, 1.165) is 19.5 Å². The Balaban J connectivity index is 2.37. The Bertz CT molecular complexity index is 220. The number of likely N-dealkylation sites (tertiary alicyclic amines) is 1. The highest BCUT2D eigenvalue weighted by molar-refractivity contribution is 7.85. The number of rotatable bonds is 3. The molecule has 76 valence electrons. The van der Waals surface area contributed by atoms with Crippen molar-refractivity contribution in [2.45, 2.75) is 6.42 Å². The van der Waals surface area contributed by atoms with Crippen LogP contribution in [0.2, 0.25) is 0 Å². The van der Waals surface area contributed by atoms with Gasteiger partial charge in [-0.25, -0.2) is 0 Å². The third kappa shape index (κ3) is 3.08. The van der Waals surface area contributed by atoms with E-state index in [1.165, 1.54) is 0 Å². The third-order valence-corrected chi connectivity index (χ3v) is 2.95. The first-order chi connectivity index (χ1) is 6.13. The minimum atomic E-state index is -1.03. The van der Waals surface area contributed by atoms with Crippen LogP contribution in [0.1, 0.15) is 6.42 Å². The van der Waals surface area contributed by atoms with Crippen LogP contribution in [0, 0.1) is 5.92 Å². The zero-order valence-corrected chi connectivity index (χ0v) is 8.68. The van der Waals surface area contributed by atoms with Crippen LogP contribution in [0.15, 0.2) is 0 Å². The van der Waals surface area contributed by atoms with Crippen molar-refractivity contribution in [3.8, 4) is 0 Å². The summed E-state index contributed by atoms with van der Waals surface area (Å²) in [5, 5.41) is 0. The number of carbonyl (C=O) groups excluding carboxylic acids is 1. The summed E-state index contributed by atoms with van der Waals surface area (Å²) in [5.74, 6) is 0.586. The first-order valence-electron chi connectivity index (χ1n) is 4.41. The average molecular weight is 204 g/mol. The van der Waals surface area contributed by atoms with E-state index in [1.807, 2.05) is 0 Å². The minimum absolute atomic E-state index is 0.00298. The van der Waals surface area contributed by atoms with E-state index in [-0.39, 0.29) is 11.7 Å². The number of hydrogen-bond acceptors (Lipinski definition) is 3. The maximum Gasteiger partial charge on any atom is 0.235 e. The van der Waals surface area contributed by atoms with Gasteiger partial charge in [-0.2, -0.15) is 0 Å². The van der Waals surface area contributed by atoms with Crippen molar-refractivity contribution >= 4 is 16.7 Å².